The van der Waals surface area contributed by atoms with Crippen molar-refractivity contribution in [2.45, 2.75) is 50.6 Å². The average molecular weight is 369 g/mol. The molecular formula is C18H25ClN2O4. The number of carbonyl (C=O) groups excluding carboxylic acids is 1. The number of esters is 1. The number of hydrogen-bond donors (Lipinski definition) is 0. The van der Waals surface area contributed by atoms with Crippen molar-refractivity contribution in [2.24, 2.45) is 5.92 Å². The molecule has 2 heterocycles. The molecular weight excluding hydrogens is 344 g/mol. The van der Waals surface area contributed by atoms with Crippen molar-refractivity contribution in [1.29, 1.82) is 0 Å². The number of carbonyl (C=O) groups is 1. The Morgan fingerprint density at radius 1 is 1.32 bits per heavy atom. The fraction of sp³-hybridized carbons (Fsp3) is 0.611. The van der Waals surface area contributed by atoms with E-state index in [9.17, 15) is 14.9 Å². The molecule has 4 atom stereocenters. The highest BCUT2D eigenvalue weighted by molar-refractivity contribution is 5.85. The first kappa shape index (κ1) is 19.7. The van der Waals surface area contributed by atoms with Gasteiger partial charge in [-0.05, 0) is 38.3 Å². The normalized spacial score (nSPS) is 28.2. The average Bonchev–Trinajstić information content (AvgIpc) is 2.82. The van der Waals surface area contributed by atoms with Crippen molar-refractivity contribution in [3.8, 4) is 0 Å². The lowest BCUT2D eigenvalue weighted by molar-refractivity contribution is -0.384. The number of nitrogens with zero attached hydrogens (tertiary/aromatic N) is 2. The number of nitro benzene ring substituents is 1. The van der Waals surface area contributed by atoms with E-state index in [2.05, 4.69) is 11.9 Å². The quantitative estimate of drug-likeness (QED) is 0.451. The van der Waals surface area contributed by atoms with Gasteiger partial charge in [0.15, 0.2) is 0 Å². The second-order valence-electron chi connectivity index (χ2n) is 6.85. The van der Waals surface area contributed by atoms with Crippen molar-refractivity contribution in [3.05, 3.63) is 39.9 Å². The molecule has 0 saturated carbocycles. The van der Waals surface area contributed by atoms with Gasteiger partial charge >= 0.3 is 5.97 Å². The lowest BCUT2D eigenvalue weighted by atomic mass is 9.76. The van der Waals surface area contributed by atoms with Crippen LogP contribution in [0.1, 0.15) is 44.1 Å². The second-order valence-corrected chi connectivity index (χ2v) is 6.85. The minimum Gasteiger partial charge on any atom is -0.465 e. The number of piperidine rings is 1. The summed E-state index contributed by atoms with van der Waals surface area (Å²) < 4.78 is 5.47. The summed E-state index contributed by atoms with van der Waals surface area (Å²) in [5.74, 6) is -0.247. The highest BCUT2D eigenvalue weighted by Gasteiger charge is 2.49. The molecule has 1 aromatic rings. The van der Waals surface area contributed by atoms with Gasteiger partial charge in [0.2, 0.25) is 0 Å². The van der Waals surface area contributed by atoms with Crippen molar-refractivity contribution < 1.29 is 14.5 Å². The molecule has 0 radical (unpaired) electrons. The Kier molecular flexibility index (Phi) is 6.41. The van der Waals surface area contributed by atoms with Gasteiger partial charge in [-0.25, -0.2) is 0 Å². The first-order chi connectivity index (χ1) is 11.5. The van der Waals surface area contributed by atoms with Crippen molar-refractivity contribution in [3.63, 3.8) is 0 Å². The molecule has 7 heteroatoms. The molecule has 2 fully saturated rings. The van der Waals surface area contributed by atoms with Crippen LogP contribution in [0, 0.1) is 16.0 Å². The Morgan fingerprint density at radius 3 is 2.60 bits per heavy atom. The number of halogens is 1. The predicted octanol–water partition coefficient (Wildman–Crippen LogP) is 3.54. The Labute approximate surface area is 154 Å². The fourth-order valence-electron chi connectivity index (χ4n) is 4.27. The maximum atomic E-state index is 12.7. The molecule has 0 aromatic heterocycles. The number of rotatable bonds is 5. The minimum absolute atomic E-state index is 0. The molecule has 0 aliphatic carbocycles. The Balaban J connectivity index is 0.00000225. The summed E-state index contributed by atoms with van der Waals surface area (Å²) >= 11 is 0. The monoisotopic (exact) mass is 368 g/mol. The van der Waals surface area contributed by atoms with Gasteiger partial charge < -0.3 is 4.74 Å². The van der Waals surface area contributed by atoms with Crippen LogP contribution in [0.2, 0.25) is 0 Å². The van der Waals surface area contributed by atoms with E-state index in [-0.39, 0.29) is 41.9 Å². The van der Waals surface area contributed by atoms with Crippen molar-refractivity contribution in [1.82, 2.24) is 4.90 Å². The Hall–Kier alpha value is -1.66. The van der Waals surface area contributed by atoms with Crippen LogP contribution in [0.3, 0.4) is 0 Å². The van der Waals surface area contributed by atoms with Crippen LogP contribution in [0.4, 0.5) is 5.69 Å². The second kappa shape index (κ2) is 8.15. The summed E-state index contributed by atoms with van der Waals surface area (Å²) in [4.78, 5) is 25.5. The summed E-state index contributed by atoms with van der Waals surface area (Å²) in [5.41, 5.74) is 1.09. The van der Waals surface area contributed by atoms with E-state index in [1.807, 2.05) is 6.92 Å². The van der Waals surface area contributed by atoms with Crippen molar-refractivity contribution >= 4 is 24.1 Å². The van der Waals surface area contributed by atoms with Crippen LogP contribution in [0.15, 0.2) is 24.3 Å². The summed E-state index contributed by atoms with van der Waals surface area (Å²) in [6, 6.07) is 7.34. The molecule has 3 rings (SSSR count). The molecule has 0 spiro atoms. The minimum atomic E-state index is -0.394. The van der Waals surface area contributed by atoms with E-state index in [0.717, 1.165) is 31.2 Å². The van der Waals surface area contributed by atoms with Crippen LogP contribution >= 0.6 is 12.4 Å². The molecule has 0 amide bonds. The first-order valence-electron chi connectivity index (χ1n) is 8.65. The summed E-state index contributed by atoms with van der Waals surface area (Å²) in [7, 11) is 2.09. The van der Waals surface area contributed by atoms with E-state index in [4.69, 9.17) is 4.74 Å². The first-order valence-corrected chi connectivity index (χ1v) is 8.65. The van der Waals surface area contributed by atoms with Gasteiger partial charge in [0.25, 0.3) is 5.69 Å². The van der Waals surface area contributed by atoms with Crippen LogP contribution < -0.4 is 0 Å². The zero-order valence-electron chi connectivity index (χ0n) is 14.6. The van der Waals surface area contributed by atoms with Crippen LogP contribution in [-0.2, 0) is 9.53 Å². The summed E-state index contributed by atoms with van der Waals surface area (Å²) in [6.45, 7) is 2.43. The molecule has 2 bridgehead atoms. The lowest BCUT2D eigenvalue weighted by Gasteiger charge is -2.41. The van der Waals surface area contributed by atoms with Crippen LogP contribution in [-0.4, -0.2) is 41.5 Å². The standard InChI is InChI=1S/C18H24N2O4.ClH/c1-3-10-24-18(21)17-15(11-14-8-9-16(17)19(14)2)12-4-6-13(7-5-12)20(22)23;/h4-7,14-17H,3,8-11H2,1-2H3;1H. The number of ether oxygens (including phenoxy) is 1. The summed E-state index contributed by atoms with van der Waals surface area (Å²) in [6.07, 6.45) is 3.82. The van der Waals surface area contributed by atoms with Gasteiger partial charge in [0, 0.05) is 30.1 Å². The van der Waals surface area contributed by atoms with Crippen molar-refractivity contribution in [2.75, 3.05) is 13.7 Å². The zero-order valence-corrected chi connectivity index (χ0v) is 15.4. The predicted molar refractivity (Wildman–Crippen MR) is 97.0 cm³/mol. The van der Waals surface area contributed by atoms with E-state index in [1.54, 1.807) is 12.1 Å². The van der Waals surface area contributed by atoms with E-state index in [0.29, 0.717) is 12.6 Å². The van der Waals surface area contributed by atoms with Crippen LogP contribution in [0.5, 0.6) is 0 Å². The van der Waals surface area contributed by atoms with Gasteiger partial charge in [-0.2, -0.15) is 0 Å². The molecule has 0 N–H and O–H groups in total. The Bertz CT molecular complexity index is 622. The fourth-order valence-corrected chi connectivity index (χ4v) is 4.27. The Morgan fingerprint density at radius 2 is 2.00 bits per heavy atom. The molecule has 6 nitrogen and oxygen atoms in total. The van der Waals surface area contributed by atoms with E-state index >= 15 is 0 Å². The van der Waals surface area contributed by atoms with E-state index in [1.165, 1.54) is 12.1 Å². The maximum absolute atomic E-state index is 12.7. The molecule has 4 unspecified atom stereocenters. The van der Waals surface area contributed by atoms with Gasteiger partial charge in [-0.15, -0.1) is 12.4 Å². The van der Waals surface area contributed by atoms with E-state index < -0.39 is 4.92 Å². The highest BCUT2D eigenvalue weighted by Crippen LogP contribution is 2.46. The third-order valence-corrected chi connectivity index (χ3v) is 5.52. The maximum Gasteiger partial charge on any atom is 0.311 e. The van der Waals surface area contributed by atoms with Gasteiger partial charge in [-0.1, -0.05) is 19.1 Å². The molecule has 2 saturated heterocycles. The molecule has 2 aliphatic heterocycles. The number of hydrogen-bond acceptors (Lipinski definition) is 5. The molecule has 25 heavy (non-hydrogen) atoms. The third-order valence-electron chi connectivity index (χ3n) is 5.52. The molecule has 138 valence electrons. The van der Waals surface area contributed by atoms with Gasteiger partial charge in [0.1, 0.15) is 0 Å². The van der Waals surface area contributed by atoms with Crippen LogP contribution in [0.25, 0.3) is 0 Å². The zero-order chi connectivity index (χ0) is 17.3. The number of benzene rings is 1. The van der Waals surface area contributed by atoms with Gasteiger partial charge in [-0.3, -0.25) is 19.8 Å². The topological polar surface area (TPSA) is 72.7 Å². The molecule has 2 aliphatic rings. The largest absolute Gasteiger partial charge is 0.465 e. The number of fused-ring (bicyclic) bond motifs is 2. The SMILES string of the molecule is CCCOC(=O)C1C(c2ccc([N+](=O)[O-])cc2)CC2CCC1N2C.Cl. The lowest BCUT2D eigenvalue weighted by Crippen LogP contribution is -2.49. The number of nitro groups is 1. The van der Waals surface area contributed by atoms with Gasteiger partial charge in [0.05, 0.1) is 17.4 Å². The highest BCUT2D eigenvalue weighted by atomic mass is 35.5. The summed E-state index contributed by atoms with van der Waals surface area (Å²) in [5, 5.41) is 10.9. The third kappa shape index (κ3) is 3.80. The molecule has 1 aromatic carbocycles. The smallest absolute Gasteiger partial charge is 0.311 e. The number of non-ortho nitro benzene ring substituents is 1.